The molecular formula is C16H13N3O. The molecule has 1 heterocycles. The topological polar surface area (TPSA) is 71.8 Å². The van der Waals surface area contributed by atoms with Crippen LogP contribution in [0, 0.1) is 0 Å². The number of amides is 1. The minimum Gasteiger partial charge on any atom is -0.366 e. The minimum atomic E-state index is -0.417. The molecule has 20 heavy (non-hydrogen) atoms. The minimum absolute atomic E-state index is 0.417. The summed E-state index contributed by atoms with van der Waals surface area (Å²) in [4.78, 5) is 11.5. The van der Waals surface area contributed by atoms with E-state index >= 15 is 0 Å². The van der Waals surface area contributed by atoms with Crippen LogP contribution >= 0.6 is 0 Å². The molecule has 0 radical (unpaired) electrons. The van der Waals surface area contributed by atoms with E-state index in [2.05, 4.69) is 10.2 Å². The Bertz CT molecular complexity index is 731. The Labute approximate surface area is 116 Å². The summed E-state index contributed by atoms with van der Waals surface area (Å²) in [7, 11) is 0. The van der Waals surface area contributed by atoms with Crippen LogP contribution in [0.1, 0.15) is 10.4 Å². The van der Waals surface area contributed by atoms with Crippen LogP contribution in [0.4, 0.5) is 0 Å². The Morgan fingerprint density at radius 3 is 2.30 bits per heavy atom. The quantitative estimate of drug-likeness (QED) is 0.762. The van der Waals surface area contributed by atoms with Gasteiger partial charge in [0.1, 0.15) is 0 Å². The molecule has 3 aromatic rings. The second-order valence-electron chi connectivity index (χ2n) is 4.47. The summed E-state index contributed by atoms with van der Waals surface area (Å²) in [6.45, 7) is 0. The zero-order valence-corrected chi connectivity index (χ0v) is 10.7. The van der Waals surface area contributed by atoms with Crippen LogP contribution in [0.25, 0.3) is 22.3 Å². The Hall–Kier alpha value is -2.88. The third kappa shape index (κ3) is 2.19. The summed E-state index contributed by atoms with van der Waals surface area (Å²) < 4.78 is 0. The van der Waals surface area contributed by atoms with Gasteiger partial charge >= 0.3 is 0 Å². The van der Waals surface area contributed by atoms with Crippen LogP contribution in [0.15, 0.2) is 60.9 Å². The highest BCUT2D eigenvalue weighted by Crippen LogP contribution is 2.26. The number of primary amides is 1. The van der Waals surface area contributed by atoms with Crippen LogP contribution < -0.4 is 5.73 Å². The molecule has 0 saturated carbocycles. The molecule has 3 rings (SSSR count). The Kier molecular flexibility index (Phi) is 3.05. The smallest absolute Gasteiger partial charge is 0.249 e. The van der Waals surface area contributed by atoms with E-state index in [4.69, 9.17) is 5.73 Å². The van der Waals surface area contributed by atoms with Gasteiger partial charge in [0.15, 0.2) is 0 Å². The molecule has 0 aliphatic carbocycles. The van der Waals surface area contributed by atoms with Crippen molar-refractivity contribution >= 4 is 5.91 Å². The zero-order valence-electron chi connectivity index (χ0n) is 10.7. The normalized spacial score (nSPS) is 10.4. The van der Waals surface area contributed by atoms with E-state index in [1.165, 1.54) is 0 Å². The molecule has 0 aliphatic heterocycles. The predicted octanol–water partition coefficient (Wildman–Crippen LogP) is 2.84. The Morgan fingerprint density at radius 2 is 1.65 bits per heavy atom. The van der Waals surface area contributed by atoms with Crippen molar-refractivity contribution in [3.05, 3.63) is 66.5 Å². The SMILES string of the molecule is NC(=O)c1ccccc1-c1ccc(-c2cn[nH]c2)cc1. The zero-order chi connectivity index (χ0) is 13.9. The number of hydrogen-bond donors (Lipinski definition) is 2. The van der Waals surface area contributed by atoms with E-state index in [0.717, 1.165) is 22.3 Å². The largest absolute Gasteiger partial charge is 0.366 e. The standard InChI is InChI=1S/C16H13N3O/c17-16(20)15-4-2-1-3-14(15)12-7-5-11(6-8-12)13-9-18-19-10-13/h1-10H,(H2,17,20)(H,18,19). The molecule has 1 amide bonds. The van der Waals surface area contributed by atoms with Crippen molar-refractivity contribution in [2.24, 2.45) is 5.73 Å². The summed E-state index contributed by atoms with van der Waals surface area (Å²) >= 11 is 0. The first-order valence-corrected chi connectivity index (χ1v) is 6.24. The summed E-state index contributed by atoms with van der Waals surface area (Å²) in [5.41, 5.74) is 9.85. The van der Waals surface area contributed by atoms with Gasteiger partial charge < -0.3 is 5.73 Å². The third-order valence-corrected chi connectivity index (χ3v) is 3.22. The maximum absolute atomic E-state index is 11.5. The highest BCUT2D eigenvalue weighted by atomic mass is 16.1. The van der Waals surface area contributed by atoms with E-state index in [1.54, 1.807) is 12.3 Å². The average Bonchev–Trinajstić information content (AvgIpc) is 3.02. The maximum atomic E-state index is 11.5. The van der Waals surface area contributed by atoms with Gasteiger partial charge in [-0.2, -0.15) is 5.10 Å². The van der Waals surface area contributed by atoms with Gasteiger partial charge in [-0.25, -0.2) is 0 Å². The molecule has 1 aromatic heterocycles. The molecule has 3 N–H and O–H groups in total. The number of aromatic nitrogens is 2. The van der Waals surface area contributed by atoms with Gasteiger partial charge in [0.25, 0.3) is 0 Å². The fraction of sp³-hybridized carbons (Fsp3) is 0. The van der Waals surface area contributed by atoms with E-state index in [9.17, 15) is 4.79 Å². The second-order valence-corrected chi connectivity index (χ2v) is 4.47. The highest BCUT2D eigenvalue weighted by Gasteiger charge is 2.09. The monoisotopic (exact) mass is 263 g/mol. The molecular weight excluding hydrogens is 250 g/mol. The number of nitrogens with one attached hydrogen (secondary N) is 1. The molecule has 0 fully saturated rings. The van der Waals surface area contributed by atoms with E-state index in [-0.39, 0.29) is 0 Å². The Morgan fingerprint density at radius 1 is 0.950 bits per heavy atom. The van der Waals surface area contributed by atoms with Gasteiger partial charge in [0.05, 0.1) is 6.20 Å². The van der Waals surface area contributed by atoms with Crippen molar-refractivity contribution in [3.8, 4) is 22.3 Å². The molecule has 0 unspecified atom stereocenters. The van der Waals surface area contributed by atoms with Crippen molar-refractivity contribution in [1.29, 1.82) is 0 Å². The van der Waals surface area contributed by atoms with E-state index in [1.807, 2.05) is 48.7 Å². The summed E-state index contributed by atoms with van der Waals surface area (Å²) in [6.07, 6.45) is 3.61. The molecule has 0 bridgehead atoms. The first kappa shape index (κ1) is 12.2. The Balaban J connectivity index is 2.02. The van der Waals surface area contributed by atoms with Crippen molar-refractivity contribution in [2.45, 2.75) is 0 Å². The van der Waals surface area contributed by atoms with Crippen molar-refractivity contribution in [1.82, 2.24) is 10.2 Å². The predicted molar refractivity (Wildman–Crippen MR) is 78.0 cm³/mol. The molecule has 2 aromatic carbocycles. The van der Waals surface area contributed by atoms with Gasteiger partial charge in [0, 0.05) is 17.3 Å². The van der Waals surface area contributed by atoms with E-state index < -0.39 is 5.91 Å². The molecule has 4 heteroatoms. The number of aromatic amines is 1. The van der Waals surface area contributed by atoms with Crippen LogP contribution in [0.2, 0.25) is 0 Å². The van der Waals surface area contributed by atoms with Crippen molar-refractivity contribution in [2.75, 3.05) is 0 Å². The maximum Gasteiger partial charge on any atom is 0.249 e. The lowest BCUT2D eigenvalue weighted by atomic mass is 9.97. The number of H-pyrrole nitrogens is 1. The summed E-state index contributed by atoms with van der Waals surface area (Å²) in [6, 6.07) is 15.3. The summed E-state index contributed by atoms with van der Waals surface area (Å²) in [5.74, 6) is -0.417. The molecule has 0 spiro atoms. The summed E-state index contributed by atoms with van der Waals surface area (Å²) in [5, 5.41) is 6.72. The number of rotatable bonds is 3. The average molecular weight is 263 g/mol. The van der Waals surface area contributed by atoms with Gasteiger partial charge in [0.2, 0.25) is 5.91 Å². The molecule has 4 nitrogen and oxygen atoms in total. The van der Waals surface area contributed by atoms with Crippen LogP contribution in [0.5, 0.6) is 0 Å². The fourth-order valence-electron chi connectivity index (χ4n) is 2.20. The highest BCUT2D eigenvalue weighted by molar-refractivity contribution is 5.99. The van der Waals surface area contributed by atoms with Gasteiger partial charge in [-0.3, -0.25) is 9.89 Å². The molecule has 0 aliphatic rings. The van der Waals surface area contributed by atoms with Crippen molar-refractivity contribution < 1.29 is 4.79 Å². The third-order valence-electron chi connectivity index (χ3n) is 3.22. The lowest BCUT2D eigenvalue weighted by Crippen LogP contribution is -2.12. The first-order chi connectivity index (χ1) is 9.75. The number of nitrogens with zero attached hydrogens (tertiary/aromatic N) is 1. The molecule has 0 saturated heterocycles. The first-order valence-electron chi connectivity index (χ1n) is 6.24. The molecule has 98 valence electrons. The number of carbonyl (C=O) groups is 1. The van der Waals surface area contributed by atoms with Crippen LogP contribution in [-0.2, 0) is 0 Å². The van der Waals surface area contributed by atoms with Gasteiger partial charge in [-0.15, -0.1) is 0 Å². The second kappa shape index (κ2) is 5.01. The lowest BCUT2D eigenvalue weighted by Gasteiger charge is -2.07. The number of benzene rings is 2. The van der Waals surface area contributed by atoms with Crippen LogP contribution in [-0.4, -0.2) is 16.1 Å². The van der Waals surface area contributed by atoms with Crippen molar-refractivity contribution in [3.63, 3.8) is 0 Å². The number of hydrogen-bond acceptors (Lipinski definition) is 2. The van der Waals surface area contributed by atoms with E-state index in [0.29, 0.717) is 5.56 Å². The van der Waals surface area contributed by atoms with Gasteiger partial charge in [-0.1, -0.05) is 42.5 Å². The fourth-order valence-corrected chi connectivity index (χ4v) is 2.20. The number of nitrogens with two attached hydrogens (primary N) is 1. The van der Waals surface area contributed by atoms with Crippen LogP contribution in [0.3, 0.4) is 0 Å². The number of carbonyl (C=O) groups excluding carboxylic acids is 1. The molecule has 0 atom stereocenters. The lowest BCUT2D eigenvalue weighted by molar-refractivity contribution is 0.100. The van der Waals surface area contributed by atoms with Gasteiger partial charge in [-0.05, 0) is 22.8 Å².